The Hall–Kier alpha value is -0.740. The summed E-state index contributed by atoms with van der Waals surface area (Å²) in [7, 11) is 1.68. The molecule has 0 atom stereocenters. The molecule has 0 spiro atoms. The summed E-state index contributed by atoms with van der Waals surface area (Å²) in [6.07, 6.45) is 1.21. The molecular formula is C19H32BrNO2. The van der Waals surface area contributed by atoms with Crippen molar-refractivity contribution in [3.63, 3.8) is 0 Å². The van der Waals surface area contributed by atoms with Crippen LogP contribution in [0.4, 0.5) is 0 Å². The quantitative estimate of drug-likeness (QED) is 0.667. The average molecular weight is 386 g/mol. The van der Waals surface area contributed by atoms with Crippen molar-refractivity contribution in [3.05, 3.63) is 22.2 Å². The molecule has 1 rings (SSSR count). The molecule has 0 heterocycles. The van der Waals surface area contributed by atoms with Crippen molar-refractivity contribution < 1.29 is 9.47 Å². The molecule has 0 aliphatic carbocycles. The smallest absolute Gasteiger partial charge is 0.175 e. The van der Waals surface area contributed by atoms with Crippen molar-refractivity contribution in [2.45, 2.75) is 73.1 Å². The molecule has 1 N–H and O–H groups in total. The summed E-state index contributed by atoms with van der Waals surface area (Å²) >= 11 is 3.60. The topological polar surface area (TPSA) is 30.5 Å². The van der Waals surface area contributed by atoms with Crippen LogP contribution in [0.15, 0.2) is 16.6 Å². The Balaban J connectivity index is 2.88. The van der Waals surface area contributed by atoms with Gasteiger partial charge >= 0.3 is 0 Å². The first-order valence-corrected chi connectivity index (χ1v) is 9.01. The molecule has 132 valence electrons. The van der Waals surface area contributed by atoms with Crippen molar-refractivity contribution in [2.75, 3.05) is 7.11 Å². The van der Waals surface area contributed by atoms with Crippen LogP contribution in [0.1, 0.15) is 60.5 Å². The molecule has 0 amide bonds. The van der Waals surface area contributed by atoms with Gasteiger partial charge in [-0.1, -0.05) is 20.8 Å². The maximum Gasteiger partial charge on any atom is 0.175 e. The van der Waals surface area contributed by atoms with Gasteiger partial charge in [0.25, 0.3) is 0 Å². The van der Waals surface area contributed by atoms with Crippen LogP contribution >= 0.6 is 15.9 Å². The third kappa shape index (κ3) is 7.13. The first-order chi connectivity index (χ1) is 10.4. The summed E-state index contributed by atoms with van der Waals surface area (Å²) in [4.78, 5) is 0. The molecule has 0 aliphatic heterocycles. The zero-order chi connectivity index (χ0) is 17.8. The van der Waals surface area contributed by atoms with Crippen molar-refractivity contribution in [1.82, 2.24) is 5.32 Å². The Morgan fingerprint density at radius 3 is 2.22 bits per heavy atom. The first-order valence-electron chi connectivity index (χ1n) is 8.21. The van der Waals surface area contributed by atoms with E-state index in [2.05, 4.69) is 61.9 Å². The summed E-state index contributed by atoms with van der Waals surface area (Å²) in [6, 6.07) is 4.14. The van der Waals surface area contributed by atoms with Gasteiger partial charge < -0.3 is 14.8 Å². The Bertz CT molecular complexity index is 519. The Kier molecular flexibility index (Phi) is 6.96. The van der Waals surface area contributed by atoms with Gasteiger partial charge in [-0.3, -0.25) is 0 Å². The van der Waals surface area contributed by atoms with Gasteiger partial charge in [0.15, 0.2) is 11.5 Å². The van der Waals surface area contributed by atoms with Gasteiger partial charge in [0.2, 0.25) is 0 Å². The highest BCUT2D eigenvalue weighted by Crippen LogP contribution is 2.37. The van der Waals surface area contributed by atoms with Crippen molar-refractivity contribution in [2.24, 2.45) is 5.41 Å². The van der Waals surface area contributed by atoms with Gasteiger partial charge in [-0.15, -0.1) is 0 Å². The summed E-state index contributed by atoms with van der Waals surface area (Å²) in [5.41, 5.74) is 1.54. The Labute approximate surface area is 150 Å². The zero-order valence-electron chi connectivity index (χ0n) is 15.8. The lowest BCUT2D eigenvalue weighted by molar-refractivity contribution is 0.228. The summed E-state index contributed by atoms with van der Waals surface area (Å²) in [5, 5.41) is 3.65. The normalized spacial score (nSPS) is 12.6. The predicted molar refractivity (Wildman–Crippen MR) is 101 cm³/mol. The van der Waals surface area contributed by atoms with Crippen LogP contribution in [0.25, 0.3) is 0 Å². The number of nitrogens with one attached hydrogen (secondary N) is 1. The number of hydrogen-bond acceptors (Lipinski definition) is 3. The third-order valence-corrected chi connectivity index (χ3v) is 3.98. The van der Waals surface area contributed by atoms with Crippen LogP contribution in [0.2, 0.25) is 0 Å². The molecule has 0 fully saturated rings. The SMILES string of the molecule is COc1cc(CNC(C)(C)CC(C)(C)C)cc(Br)c1OC(C)C. The molecular weight excluding hydrogens is 354 g/mol. The first kappa shape index (κ1) is 20.3. The molecule has 1 aromatic carbocycles. The largest absolute Gasteiger partial charge is 0.493 e. The Morgan fingerprint density at radius 1 is 1.13 bits per heavy atom. The van der Waals surface area contributed by atoms with Crippen molar-refractivity contribution >= 4 is 15.9 Å². The van der Waals surface area contributed by atoms with Crippen molar-refractivity contribution in [3.8, 4) is 11.5 Å². The highest BCUT2D eigenvalue weighted by molar-refractivity contribution is 9.10. The van der Waals surface area contributed by atoms with E-state index in [1.54, 1.807) is 7.11 Å². The Morgan fingerprint density at radius 2 is 1.74 bits per heavy atom. The highest BCUT2D eigenvalue weighted by Gasteiger charge is 2.25. The standard InChI is InChI=1S/C19H32BrNO2/c1-13(2)23-17-15(20)9-14(10-16(17)22-8)11-21-19(6,7)12-18(3,4)5/h9-10,13,21H,11-12H2,1-8H3. The molecule has 0 saturated heterocycles. The van der Waals surface area contributed by atoms with E-state index in [1.165, 1.54) is 5.56 Å². The molecule has 4 heteroatoms. The second-order valence-corrected chi connectivity index (χ2v) is 9.10. The average Bonchev–Trinajstić information content (AvgIpc) is 2.36. The van der Waals surface area contributed by atoms with E-state index >= 15 is 0 Å². The number of halogens is 1. The van der Waals surface area contributed by atoms with Crippen molar-refractivity contribution in [1.29, 1.82) is 0 Å². The van der Waals surface area contributed by atoms with Crippen LogP contribution in [0.3, 0.4) is 0 Å². The van der Waals surface area contributed by atoms with Crippen LogP contribution in [-0.2, 0) is 6.54 Å². The fraction of sp³-hybridized carbons (Fsp3) is 0.684. The minimum absolute atomic E-state index is 0.0745. The number of methoxy groups -OCH3 is 1. The molecule has 23 heavy (non-hydrogen) atoms. The number of benzene rings is 1. The number of hydrogen-bond donors (Lipinski definition) is 1. The van der Waals surface area contributed by atoms with Gasteiger partial charge in [-0.2, -0.15) is 0 Å². The van der Waals surface area contributed by atoms with Crippen LogP contribution in [0, 0.1) is 5.41 Å². The summed E-state index contributed by atoms with van der Waals surface area (Å²) in [6.45, 7) is 16.1. The fourth-order valence-electron chi connectivity index (χ4n) is 2.96. The molecule has 0 unspecified atom stereocenters. The van der Waals surface area contributed by atoms with Gasteiger partial charge in [-0.25, -0.2) is 0 Å². The molecule has 0 aliphatic rings. The third-order valence-electron chi connectivity index (χ3n) is 3.39. The van der Waals surface area contributed by atoms with E-state index in [-0.39, 0.29) is 11.6 Å². The molecule has 0 radical (unpaired) electrons. The monoisotopic (exact) mass is 385 g/mol. The molecule has 0 bridgehead atoms. The van der Waals surface area contributed by atoms with E-state index in [1.807, 2.05) is 19.9 Å². The van der Waals surface area contributed by atoms with Gasteiger partial charge in [0.05, 0.1) is 17.7 Å². The van der Waals surface area contributed by atoms with E-state index in [0.717, 1.165) is 28.9 Å². The predicted octanol–water partition coefficient (Wildman–Crippen LogP) is 5.55. The van der Waals surface area contributed by atoms with Crippen LogP contribution < -0.4 is 14.8 Å². The summed E-state index contributed by atoms with van der Waals surface area (Å²) < 4.78 is 12.3. The fourth-order valence-corrected chi connectivity index (χ4v) is 3.54. The highest BCUT2D eigenvalue weighted by atomic mass is 79.9. The molecule has 0 aromatic heterocycles. The lowest BCUT2D eigenvalue weighted by atomic mass is 9.82. The van der Waals surface area contributed by atoms with Crippen LogP contribution in [0.5, 0.6) is 11.5 Å². The second kappa shape index (κ2) is 7.89. The van der Waals surface area contributed by atoms with Crippen LogP contribution in [-0.4, -0.2) is 18.8 Å². The summed E-state index contributed by atoms with van der Waals surface area (Å²) in [5.74, 6) is 1.53. The maximum absolute atomic E-state index is 5.84. The molecule has 1 aromatic rings. The lowest BCUT2D eigenvalue weighted by Gasteiger charge is -2.33. The second-order valence-electron chi connectivity index (χ2n) is 8.25. The van der Waals surface area contributed by atoms with Gasteiger partial charge in [0.1, 0.15) is 0 Å². The lowest BCUT2D eigenvalue weighted by Crippen LogP contribution is -2.41. The van der Waals surface area contributed by atoms with Gasteiger partial charge in [0, 0.05) is 12.1 Å². The van der Waals surface area contributed by atoms with Gasteiger partial charge in [-0.05, 0) is 73.2 Å². The molecule has 3 nitrogen and oxygen atoms in total. The molecule has 0 saturated carbocycles. The zero-order valence-corrected chi connectivity index (χ0v) is 17.4. The maximum atomic E-state index is 5.84. The minimum atomic E-state index is 0.0745. The van der Waals surface area contributed by atoms with E-state index in [0.29, 0.717) is 5.41 Å². The van der Waals surface area contributed by atoms with E-state index in [9.17, 15) is 0 Å². The van der Waals surface area contributed by atoms with E-state index in [4.69, 9.17) is 9.47 Å². The minimum Gasteiger partial charge on any atom is -0.493 e. The van der Waals surface area contributed by atoms with E-state index < -0.39 is 0 Å². The number of rotatable bonds is 7. The number of ether oxygens (including phenoxy) is 2.